The van der Waals surface area contributed by atoms with Gasteiger partial charge in [-0.05, 0) is 57.8 Å². The standard InChI is InChI=1S/C18H27N3O4S/c1-4-21-16-6-5-15(11-17(16)25-18(21)22)26(23,24)19-12-14(3)20-9-7-13(2)8-10-20/h5-6,11,13-14,19H,4,7-10,12H2,1-3H3. The van der Waals surface area contributed by atoms with Crippen molar-refractivity contribution >= 4 is 21.1 Å². The molecule has 26 heavy (non-hydrogen) atoms. The summed E-state index contributed by atoms with van der Waals surface area (Å²) in [4.78, 5) is 14.2. The maximum Gasteiger partial charge on any atom is 0.419 e. The third kappa shape index (κ3) is 3.87. The molecule has 2 aromatic rings. The highest BCUT2D eigenvalue weighted by atomic mass is 32.2. The summed E-state index contributed by atoms with van der Waals surface area (Å²) in [6.07, 6.45) is 2.31. The van der Waals surface area contributed by atoms with Crippen LogP contribution in [0.2, 0.25) is 0 Å². The minimum Gasteiger partial charge on any atom is -0.408 e. The van der Waals surface area contributed by atoms with Crippen LogP contribution in [0.4, 0.5) is 0 Å². The number of piperidine rings is 1. The molecule has 2 heterocycles. The first-order chi connectivity index (χ1) is 12.3. The second-order valence-corrected chi connectivity index (χ2v) is 8.93. The van der Waals surface area contributed by atoms with Gasteiger partial charge in [0.2, 0.25) is 10.0 Å². The van der Waals surface area contributed by atoms with E-state index >= 15 is 0 Å². The van der Waals surface area contributed by atoms with Crippen LogP contribution in [-0.4, -0.2) is 43.6 Å². The summed E-state index contributed by atoms with van der Waals surface area (Å²) in [6, 6.07) is 4.69. The van der Waals surface area contributed by atoms with Gasteiger partial charge in [0.15, 0.2) is 5.58 Å². The number of aryl methyl sites for hydroxylation is 1. The van der Waals surface area contributed by atoms with Crippen molar-refractivity contribution in [1.29, 1.82) is 0 Å². The summed E-state index contributed by atoms with van der Waals surface area (Å²) in [7, 11) is -3.65. The van der Waals surface area contributed by atoms with E-state index in [1.807, 2.05) is 13.8 Å². The first kappa shape index (κ1) is 19.1. The lowest BCUT2D eigenvalue weighted by Crippen LogP contribution is -2.45. The van der Waals surface area contributed by atoms with Gasteiger partial charge in [-0.2, -0.15) is 0 Å². The Bertz CT molecular complexity index is 924. The Hall–Kier alpha value is -1.64. The summed E-state index contributed by atoms with van der Waals surface area (Å²) >= 11 is 0. The maximum absolute atomic E-state index is 12.6. The Labute approximate surface area is 154 Å². The summed E-state index contributed by atoms with van der Waals surface area (Å²) in [6.45, 7) is 8.98. The fourth-order valence-corrected chi connectivity index (χ4v) is 4.56. The van der Waals surface area contributed by atoms with Crippen LogP contribution in [0.25, 0.3) is 11.1 Å². The van der Waals surface area contributed by atoms with E-state index in [4.69, 9.17) is 4.42 Å². The Balaban J connectivity index is 1.71. The van der Waals surface area contributed by atoms with Crippen LogP contribution in [0, 0.1) is 5.92 Å². The third-order valence-electron chi connectivity index (χ3n) is 5.28. The van der Waals surface area contributed by atoms with Crippen LogP contribution in [0.1, 0.15) is 33.6 Å². The highest BCUT2D eigenvalue weighted by Gasteiger charge is 2.23. The first-order valence-electron chi connectivity index (χ1n) is 9.19. The quantitative estimate of drug-likeness (QED) is 0.827. The number of hydrogen-bond donors (Lipinski definition) is 1. The van der Waals surface area contributed by atoms with E-state index in [2.05, 4.69) is 16.5 Å². The zero-order valence-electron chi connectivity index (χ0n) is 15.6. The molecule has 1 aliphatic heterocycles. The van der Waals surface area contributed by atoms with Gasteiger partial charge >= 0.3 is 5.76 Å². The summed E-state index contributed by atoms with van der Waals surface area (Å²) in [5.74, 6) is 0.268. The lowest BCUT2D eigenvalue weighted by molar-refractivity contribution is 0.148. The third-order valence-corrected chi connectivity index (χ3v) is 6.70. The molecule has 1 saturated heterocycles. The number of aromatic nitrogens is 1. The molecule has 7 nitrogen and oxygen atoms in total. The highest BCUT2D eigenvalue weighted by molar-refractivity contribution is 7.89. The predicted molar refractivity (Wildman–Crippen MR) is 101 cm³/mol. The van der Waals surface area contributed by atoms with Crippen LogP contribution in [0.5, 0.6) is 0 Å². The van der Waals surface area contributed by atoms with Crippen LogP contribution >= 0.6 is 0 Å². The zero-order valence-corrected chi connectivity index (χ0v) is 16.4. The van der Waals surface area contributed by atoms with E-state index in [-0.39, 0.29) is 16.5 Å². The lowest BCUT2D eigenvalue weighted by atomic mass is 9.98. The molecule has 0 amide bonds. The molecule has 1 N–H and O–H groups in total. The molecule has 0 radical (unpaired) electrons. The predicted octanol–water partition coefficient (Wildman–Crippen LogP) is 2.01. The molecule has 1 aromatic carbocycles. The van der Waals surface area contributed by atoms with Crippen molar-refractivity contribution in [1.82, 2.24) is 14.2 Å². The van der Waals surface area contributed by atoms with Crippen LogP contribution < -0.4 is 10.5 Å². The smallest absolute Gasteiger partial charge is 0.408 e. The number of likely N-dealkylation sites (tertiary alicyclic amines) is 1. The normalized spacial score (nSPS) is 18.4. The number of sulfonamides is 1. The maximum atomic E-state index is 12.6. The fraction of sp³-hybridized carbons (Fsp3) is 0.611. The summed E-state index contributed by atoms with van der Waals surface area (Å²) < 4.78 is 34.6. The largest absolute Gasteiger partial charge is 0.419 e. The van der Waals surface area contributed by atoms with E-state index in [1.54, 1.807) is 6.07 Å². The van der Waals surface area contributed by atoms with Crippen molar-refractivity contribution in [2.24, 2.45) is 5.92 Å². The zero-order chi connectivity index (χ0) is 18.9. The van der Waals surface area contributed by atoms with Gasteiger partial charge in [-0.15, -0.1) is 0 Å². The van der Waals surface area contributed by atoms with Crippen molar-refractivity contribution in [2.75, 3.05) is 19.6 Å². The van der Waals surface area contributed by atoms with E-state index in [1.165, 1.54) is 16.7 Å². The molecular formula is C18H27N3O4S. The molecular weight excluding hydrogens is 354 g/mol. The van der Waals surface area contributed by atoms with Crippen molar-refractivity contribution in [3.05, 3.63) is 28.7 Å². The Morgan fingerprint density at radius 1 is 1.31 bits per heavy atom. The summed E-state index contributed by atoms with van der Waals surface area (Å²) in [5.41, 5.74) is 0.894. The SMILES string of the molecule is CCn1c(=O)oc2cc(S(=O)(=O)NCC(C)N3CCC(C)CC3)ccc21. The van der Waals surface area contributed by atoms with E-state index in [9.17, 15) is 13.2 Å². The van der Waals surface area contributed by atoms with E-state index in [0.29, 0.717) is 18.6 Å². The number of oxazole rings is 1. The molecule has 1 aromatic heterocycles. The minimum atomic E-state index is -3.65. The Morgan fingerprint density at radius 3 is 2.65 bits per heavy atom. The van der Waals surface area contributed by atoms with Gasteiger partial charge in [-0.25, -0.2) is 17.9 Å². The van der Waals surface area contributed by atoms with Crippen molar-refractivity contribution in [3.63, 3.8) is 0 Å². The van der Waals surface area contributed by atoms with Gasteiger partial charge < -0.3 is 4.42 Å². The average molecular weight is 381 g/mol. The number of fused-ring (bicyclic) bond motifs is 1. The highest BCUT2D eigenvalue weighted by Crippen LogP contribution is 2.20. The van der Waals surface area contributed by atoms with Crippen LogP contribution in [0.3, 0.4) is 0 Å². The van der Waals surface area contributed by atoms with Gasteiger partial charge in [0.05, 0.1) is 10.4 Å². The second kappa shape index (κ2) is 7.54. The number of rotatable bonds is 6. The molecule has 8 heteroatoms. The lowest BCUT2D eigenvalue weighted by Gasteiger charge is -2.34. The topological polar surface area (TPSA) is 84.5 Å². The van der Waals surface area contributed by atoms with Crippen molar-refractivity contribution in [3.8, 4) is 0 Å². The van der Waals surface area contributed by atoms with Crippen molar-refractivity contribution < 1.29 is 12.8 Å². The van der Waals surface area contributed by atoms with Gasteiger partial charge in [0.25, 0.3) is 0 Å². The Morgan fingerprint density at radius 2 is 2.00 bits per heavy atom. The molecule has 1 atom stereocenters. The molecule has 0 spiro atoms. The average Bonchev–Trinajstić information content (AvgIpc) is 2.94. The molecule has 0 saturated carbocycles. The number of benzene rings is 1. The number of hydrogen-bond acceptors (Lipinski definition) is 5. The fourth-order valence-electron chi connectivity index (χ4n) is 3.43. The monoisotopic (exact) mass is 381 g/mol. The molecule has 1 fully saturated rings. The van der Waals surface area contributed by atoms with E-state index in [0.717, 1.165) is 31.8 Å². The minimum absolute atomic E-state index is 0.112. The molecule has 3 rings (SSSR count). The Kier molecular flexibility index (Phi) is 5.55. The molecule has 144 valence electrons. The van der Waals surface area contributed by atoms with Gasteiger partial charge in [0, 0.05) is 25.2 Å². The van der Waals surface area contributed by atoms with Gasteiger partial charge in [0.1, 0.15) is 0 Å². The summed E-state index contributed by atoms with van der Waals surface area (Å²) in [5, 5.41) is 0. The van der Waals surface area contributed by atoms with Gasteiger partial charge in [-0.1, -0.05) is 6.92 Å². The van der Waals surface area contributed by atoms with Crippen molar-refractivity contribution in [2.45, 2.75) is 51.1 Å². The molecule has 0 aliphatic carbocycles. The molecule has 1 aliphatic rings. The van der Waals surface area contributed by atoms with Crippen LogP contribution in [-0.2, 0) is 16.6 Å². The first-order valence-corrected chi connectivity index (χ1v) is 10.7. The van der Waals surface area contributed by atoms with E-state index < -0.39 is 15.8 Å². The van der Waals surface area contributed by atoms with Crippen LogP contribution in [0.15, 0.2) is 32.3 Å². The molecule has 1 unspecified atom stereocenters. The second-order valence-electron chi connectivity index (χ2n) is 7.16. The number of nitrogens with one attached hydrogen (secondary N) is 1. The molecule has 0 bridgehead atoms. The number of nitrogens with zero attached hydrogens (tertiary/aromatic N) is 2. The van der Waals surface area contributed by atoms with Gasteiger partial charge in [-0.3, -0.25) is 9.47 Å².